The monoisotopic (exact) mass is 394 g/mol. The molecule has 2 aromatic rings. The molecule has 150 valence electrons. The summed E-state index contributed by atoms with van der Waals surface area (Å²) in [7, 11) is 0. The Morgan fingerprint density at radius 1 is 1.29 bits per heavy atom. The number of amides is 1. The number of pyridine rings is 1. The van der Waals surface area contributed by atoms with Crippen molar-refractivity contribution < 1.29 is 22.7 Å². The van der Waals surface area contributed by atoms with Gasteiger partial charge in [0, 0.05) is 30.0 Å². The molecular formula is C20H21F3N2O3. The molecule has 1 N–H and O–H groups in total. The van der Waals surface area contributed by atoms with Crippen molar-refractivity contribution >= 4 is 5.91 Å². The number of nitrogens with zero attached hydrogens (tertiary/aromatic N) is 1. The Kier molecular flexibility index (Phi) is 5.23. The van der Waals surface area contributed by atoms with Crippen molar-refractivity contribution in [1.29, 1.82) is 0 Å². The van der Waals surface area contributed by atoms with E-state index in [1.54, 1.807) is 24.0 Å². The minimum absolute atomic E-state index is 0.0904. The van der Waals surface area contributed by atoms with E-state index in [1.165, 1.54) is 24.4 Å². The number of nitrogens with one attached hydrogen (secondary N) is 1. The van der Waals surface area contributed by atoms with Gasteiger partial charge in [-0.2, -0.15) is 0 Å². The van der Waals surface area contributed by atoms with Crippen LogP contribution < -0.4 is 10.2 Å². The standard InChI is InChI=1S/C20H21F3N2O3/c1-13-10-17(26)16(12-24-13)18(27)25-9-3-8-19(25,2)11-14-4-6-15(7-5-14)28-20(21,22)23/h4-7,10,12H,3,8-9,11H2,1-2H3,(H,24,26). The zero-order valence-electron chi connectivity index (χ0n) is 15.6. The molecule has 0 spiro atoms. The van der Waals surface area contributed by atoms with Crippen LogP contribution in [-0.4, -0.2) is 34.2 Å². The summed E-state index contributed by atoms with van der Waals surface area (Å²) in [6, 6.07) is 7.04. The molecule has 1 unspecified atom stereocenters. The molecule has 28 heavy (non-hydrogen) atoms. The number of aryl methyl sites for hydroxylation is 1. The average molecular weight is 394 g/mol. The van der Waals surface area contributed by atoms with Crippen molar-refractivity contribution in [2.75, 3.05) is 6.54 Å². The molecule has 1 aromatic carbocycles. The van der Waals surface area contributed by atoms with E-state index in [4.69, 9.17) is 0 Å². The second-order valence-corrected chi connectivity index (χ2v) is 7.32. The number of hydrogen-bond donors (Lipinski definition) is 1. The maximum Gasteiger partial charge on any atom is 0.573 e. The molecule has 1 aliphatic rings. The first-order chi connectivity index (χ1) is 13.1. The Labute approximate surface area is 160 Å². The third-order valence-electron chi connectivity index (χ3n) is 5.02. The van der Waals surface area contributed by atoms with Crippen molar-refractivity contribution in [3.63, 3.8) is 0 Å². The minimum atomic E-state index is -4.73. The highest BCUT2D eigenvalue weighted by Gasteiger charge is 2.40. The molecule has 1 atom stereocenters. The van der Waals surface area contributed by atoms with E-state index in [2.05, 4.69) is 9.72 Å². The van der Waals surface area contributed by atoms with E-state index < -0.39 is 11.9 Å². The van der Waals surface area contributed by atoms with Gasteiger partial charge in [0.15, 0.2) is 5.43 Å². The summed E-state index contributed by atoms with van der Waals surface area (Å²) in [5.41, 5.74) is 0.694. The van der Waals surface area contributed by atoms with Crippen LogP contribution in [-0.2, 0) is 6.42 Å². The molecular weight excluding hydrogens is 373 g/mol. The number of aromatic nitrogens is 1. The first-order valence-corrected chi connectivity index (χ1v) is 8.93. The fourth-order valence-electron chi connectivity index (χ4n) is 3.69. The number of aromatic amines is 1. The van der Waals surface area contributed by atoms with Crippen molar-refractivity contribution in [2.45, 2.75) is 45.0 Å². The van der Waals surface area contributed by atoms with E-state index >= 15 is 0 Å². The molecule has 1 saturated heterocycles. The van der Waals surface area contributed by atoms with E-state index in [-0.39, 0.29) is 22.6 Å². The topological polar surface area (TPSA) is 62.4 Å². The van der Waals surface area contributed by atoms with Crippen LogP contribution in [0.4, 0.5) is 13.2 Å². The third-order valence-corrected chi connectivity index (χ3v) is 5.02. The quantitative estimate of drug-likeness (QED) is 0.858. The second kappa shape index (κ2) is 7.33. The SMILES string of the molecule is Cc1cc(=O)c(C(=O)N2CCCC2(C)Cc2ccc(OC(F)(F)F)cc2)c[nH]1. The molecule has 3 rings (SSSR count). The van der Waals surface area contributed by atoms with E-state index in [9.17, 15) is 22.8 Å². The van der Waals surface area contributed by atoms with Crippen LogP contribution >= 0.6 is 0 Å². The normalized spacial score (nSPS) is 19.7. The maximum atomic E-state index is 13.0. The van der Waals surface area contributed by atoms with Crippen LogP contribution in [0, 0.1) is 6.92 Å². The van der Waals surface area contributed by atoms with Crippen molar-refractivity contribution in [1.82, 2.24) is 9.88 Å². The van der Waals surface area contributed by atoms with Crippen molar-refractivity contribution in [2.24, 2.45) is 0 Å². The lowest BCUT2D eigenvalue weighted by Crippen LogP contribution is -2.47. The number of hydrogen-bond acceptors (Lipinski definition) is 3. The predicted octanol–water partition coefficient (Wildman–Crippen LogP) is 3.82. The van der Waals surface area contributed by atoms with Gasteiger partial charge < -0.3 is 14.6 Å². The first-order valence-electron chi connectivity index (χ1n) is 8.93. The fraction of sp³-hybridized carbons (Fsp3) is 0.400. The second-order valence-electron chi connectivity index (χ2n) is 7.32. The number of rotatable bonds is 4. The molecule has 1 aromatic heterocycles. The third kappa shape index (κ3) is 4.37. The van der Waals surface area contributed by atoms with Gasteiger partial charge >= 0.3 is 6.36 Å². The summed E-state index contributed by atoms with van der Waals surface area (Å²) in [4.78, 5) is 29.7. The van der Waals surface area contributed by atoms with Crippen LogP contribution in [0.5, 0.6) is 5.75 Å². The van der Waals surface area contributed by atoms with Gasteiger partial charge in [-0.1, -0.05) is 12.1 Å². The van der Waals surface area contributed by atoms with E-state index in [1.807, 2.05) is 6.92 Å². The lowest BCUT2D eigenvalue weighted by atomic mass is 9.89. The zero-order chi connectivity index (χ0) is 20.5. The van der Waals surface area contributed by atoms with Gasteiger partial charge in [0.2, 0.25) is 0 Å². The Morgan fingerprint density at radius 3 is 2.57 bits per heavy atom. The van der Waals surface area contributed by atoms with E-state index in [0.717, 1.165) is 18.4 Å². The fourth-order valence-corrected chi connectivity index (χ4v) is 3.69. The summed E-state index contributed by atoms with van der Waals surface area (Å²) in [5.74, 6) is -0.620. The largest absolute Gasteiger partial charge is 0.573 e. The van der Waals surface area contributed by atoms with Gasteiger partial charge in [0.1, 0.15) is 11.3 Å². The molecule has 5 nitrogen and oxygen atoms in total. The minimum Gasteiger partial charge on any atom is -0.406 e. The number of alkyl halides is 3. The number of carbonyl (C=O) groups is 1. The van der Waals surface area contributed by atoms with Crippen LogP contribution in [0.3, 0.4) is 0 Å². The Balaban J connectivity index is 1.78. The van der Waals surface area contributed by atoms with Gasteiger partial charge in [-0.25, -0.2) is 0 Å². The Bertz CT molecular complexity index is 922. The van der Waals surface area contributed by atoms with Gasteiger partial charge in [0.25, 0.3) is 5.91 Å². The molecule has 1 aliphatic heterocycles. The molecule has 8 heteroatoms. The molecule has 0 bridgehead atoms. The molecule has 1 fully saturated rings. The van der Waals surface area contributed by atoms with Crippen LogP contribution in [0.25, 0.3) is 0 Å². The molecule has 0 radical (unpaired) electrons. The highest BCUT2D eigenvalue weighted by molar-refractivity contribution is 5.94. The van der Waals surface area contributed by atoms with Crippen LogP contribution in [0.2, 0.25) is 0 Å². The molecule has 0 saturated carbocycles. The van der Waals surface area contributed by atoms with Gasteiger partial charge in [-0.3, -0.25) is 9.59 Å². The summed E-state index contributed by atoms with van der Waals surface area (Å²) < 4.78 is 40.8. The van der Waals surface area contributed by atoms with E-state index in [0.29, 0.717) is 18.7 Å². The smallest absolute Gasteiger partial charge is 0.406 e. The zero-order valence-corrected chi connectivity index (χ0v) is 15.6. The lowest BCUT2D eigenvalue weighted by Gasteiger charge is -2.35. The highest BCUT2D eigenvalue weighted by atomic mass is 19.4. The number of H-pyrrole nitrogens is 1. The summed E-state index contributed by atoms with van der Waals surface area (Å²) in [6.45, 7) is 4.19. The maximum absolute atomic E-state index is 13.0. The van der Waals surface area contributed by atoms with Crippen molar-refractivity contribution in [3.8, 4) is 5.75 Å². The van der Waals surface area contributed by atoms with Crippen LogP contribution in [0.15, 0.2) is 41.3 Å². The molecule has 2 heterocycles. The Hall–Kier alpha value is -2.77. The molecule has 0 aliphatic carbocycles. The number of carbonyl (C=O) groups excluding carboxylic acids is 1. The first kappa shape index (κ1) is 20.0. The highest BCUT2D eigenvalue weighted by Crippen LogP contribution is 2.34. The summed E-state index contributed by atoms with van der Waals surface area (Å²) >= 11 is 0. The summed E-state index contributed by atoms with van der Waals surface area (Å²) in [5, 5.41) is 0. The predicted molar refractivity (Wildman–Crippen MR) is 97.3 cm³/mol. The molecule has 1 amide bonds. The lowest BCUT2D eigenvalue weighted by molar-refractivity contribution is -0.274. The number of halogens is 3. The van der Waals surface area contributed by atoms with Gasteiger partial charge in [0.05, 0.1) is 0 Å². The number of benzene rings is 1. The number of likely N-dealkylation sites (tertiary alicyclic amines) is 1. The van der Waals surface area contributed by atoms with Crippen molar-refractivity contribution in [3.05, 3.63) is 63.6 Å². The number of ether oxygens (including phenoxy) is 1. The average Bonchev–Trinajstić information content (AvgIpc) is 2.96. The summed E-state index contributed by atoms with van der Waals surface area (Å²) in [6.07, 6.45) is -1.30. The van der Waals surface area contributed by atoms with Crippen LogP contribution in [0.1, 0.15) is 41.4 Å². The van der Waals surface area contributed by atoms with Gasteiger partial charge in [-0.05, 0) is 50.8 Å². The Morgan fingerprint density at radius 2 is 1.96 bits per heavy atom. The van der Waals surface area contributed by atoms with Gasteiger partial charge in [-0.15, -0.1) is 13.2 Å².